The molecule has 1 N–H and O–H groups in total. The van der Waals surface area contributed by atoms with Crippen LogP contribution in [0.5, 0.6) is 0 Å². The number of aromatic amines is 1. The Morgan fingerprint density at radius 3 is 3.08 bits per heavy atom. The smallest absolute Gasteiger partial charge is 0.267 e. The van der Waals surface area contributed by atoms with Crippen LogP contribution in [0.4, 0.5) is 4.39 Å². The molecule has 4 nitrogen and oxygen atoms in total. The molecule has 60 valence electrons. The number of hydrogen-bond acceptors (Lipinski definition) is 3. The van der Waals surface area contributed by atoms with Gasteiger partial charge in [0.2, 0.25) is 0 Å². The van der Waals surface area contributed by atoms with E-state index in [9.17, 15) is 9.18 Å². The zero-order valence-corrected chi connectivity index (χ0v) is 5.91. The van der Waals surface area contributed by atoms with Crippen LogP contribution in [0.15, 0.2) is 23.0 Å². The van der Waals surface area contributed by atoms with Crippen LogP contribution in [0.1, 0.15) is 0 Å². The van der Waals surface area contributed by atoms with Crippen molar-refractivity contribution in [3.05, 3.63) is 34.4 Å². The molecule has 0 saturated carbocycles. The molecule has 2 rings (SSSR count). The highest BCUT2D eigenvalue weighted by atomic mass is 19.1. The van der Waals surface area contributed by atoms with Crippen molar-refractivity contribution in [3.8, 4) is 0 Å². The Morgan fingerprint density at radius 1 is 1.42 bits per heavy atom. The third kappa shape index (κ3) is 0.952. The van der Waals surface area contributed by atoms with Gasteiger partial charge in [0, 0.05) is 0 Å². The van der Waals surface area contributed by atoms with Crippen LogP contribution in [-0.2, 0) is 0 Å². The molecule has 0 fully saturated rings. The molecule has 0 aliphatic heterocycles. The van der Waals surface area contributed by atoms with Crippen LogP contribution in [0, 0.1) is 5.82 Å². The van der Waals surface area contributed by atoms with Crippen molar-refractivity contribution < 1.29 is 4.39 Å². The van der Waals surface area contributed by atoms with E-state index in [1.807, 2.05) is 0 Å². The average molecular weight is 165 g/mol. The van der Waals surface area contributed by atoms with Gasteiger partial charge in [-0.2, -0.15) is 0 Å². The van der Waals surface area contributed by atoms with E-state index in [4.69, 9.17) is 0 Å². The molecule has 1 heterocycles. The highest BCUT2D eigenvalue weighted by Crippen LogP contribution is 2.06. The summed E-state index contributed by atoms with van der Waals surface area (Å²) in [5.74, 6) is -0.457. The summed E-state index contributed by atoms with van der Waals surface area (Å²) in [6, 6.07) is 3.77. The van der Waals surface area contributed by atoms with Crippen LogP contribution in [0.25, 0.3) is 10.9 Å². The molecule has 1 aromatic heterocycles. The summed E-state index contributed by atoms with van der Waals surface area (Å²) in [6.45, 7) is 0. The minimum absolute atomic E-state index is 0.213. The quantitative estimate of drug-likeness (QED) is 0.616. The number of benzene rings is 1. The van der Waals surface area contributed by atoms with Gasteiger partial charge >= 0.3 is 0 Å². The first-order valence-electron chi connectivity index (χ1n) is 3.28. The first-order valence-corrected chi connectivity index (χ1v) is 3.28. The van der Waals surface area contributed by atoms with Crippen molar-refractivity contribution in [1.82, 2.24) is 15.4 Å². The second-order valence-electron chi connectivity index (χ2n) is 2.30. The van der Waals surface area contributed by atoms with Crippen molar-refractivity contribution in [2.45, 2.75) is 0 Å². The minimum Gasteiger partial charge on any atom is -0.267 e. The van der Waals surface area contributed by atoms with E-state index < -0.39 is 11.4 Å². The topological polar surface area (TPSA) is 58.6 Å². The molecule has 0 aliphatic rings. The lowest BCUT2D eigenvalue weighted by molar-refractivity contribution is 0.629. The first kappa shape index (κ1) is 6.90. The highest BCUT2D eigenvalue weighted by molar-refractivity contribution is 5.76. The van der Waals surface area contributed by atoms with Gasteiger partial charge < -0.3 is 0 Å². The van der Waals surface area contributed by atoms with E-state index in [0.29, 0.717) is 5.52 Å². The standard InChI is InChI=1S/C7H4FN3O/c8-4-1-2-6-5(3-4)7(12)10-11-9-6/h1-3H,(H,9,10,12). The van der Waals surface area contributed by atoms with Crippen molar-refractivity contribution in [3.63, 3.8) is 0 Å². The number of aromatic nitrogens is 3. The van der Waals surface area contributed by atoms with E-state index in [1.165, 1.54) is 12.1 Å². The van der Waals surface area contributed by atoms with Gasteiger partial charge in [-0.3, -0.25) is 4.79 Å². The monoisotopic (exact) mass is 165 g/mol. The molecular formula is C7H4FN3O. The van der Waals surface area contributed by atoms with Crippen LogP contribution in [0.2, 0.25) is 0 Å². The lowest BCUT2D eigenvalue weighted by Gasteiger charge is -1.92. The Kier molecular flexibility index (Phi) is 1.36. The summed E-state index contributed by atoms with van der Waals surface area (Å²) < 4.78 is 12.6. The lowest BCUT2D eigenvalue weighted by Crippen LogP contribution is -2.09. The van der Waals surface area contributed by atoms with Crippen molar-refractivity contribution in [1.29, 1.82) is 0 Å². The fraction of sp³-hybridized carbons (Fsp3) is 0. The van der Waals surface area contributed by atoms with Crippen LogP contribution in [0.3, 0.4) is 0 Å². The van der Waals surface area contributed by atoms with Gasteiger partial charge in [0.05, 0.1) is 5.39 Å². The van der Waals surface area contributed by atoms with Gasteiger partial charge in [-0.05, 0) is 18.2 Å². The summed E-state index contributed by atoms with van der Waals surface area (Å²) in [5.41, 5.74) is -0.0420. The number of hydrogen-bond donors (Lipinski definition) is 1. The number of rotatable bonds is 0. The lowest BCUT2D eigenvalue weighted by atomic mass is 10.2. The predicted molar refractivity (Wildman–Crippen MR) is 40.1 cm³/mol. The molecule has 2 aromatic rings. The molecule has 0 radical (unpaired) electrons. The van der Waals surface area contributed by atoms with Gasteiger partial charge in [0.1, 0.15) is 11.3 Å². The largest absolute Gasteiger partial charge is 0.275 e. The number of H-pyrrole nitrogens is 1. The fourth-order valence-electron chi connectivity index (χ4n) is 0.962. The van der Waals surface area contributed by atoms with Crippen LogP contribution >= 0.6 is 0 Å². The third-order valence-corrected chi connectivity index (χ3v) is 1.51. The third-order valence-electron chi connectivity index (χ3n) is 1.51. The number of halogens is 1. The first-order chi connectivity index (χ1) is 5.77. The number of nitrogens with one attached hydrogen (secondary N) is 1. The molecule has 0 atom stereocenters. The van der Waals surface area contributed by atoms with Crippen molar-refractivity contribution >= 4 is 10.9 Å². The van der Waals surface area contributed by atoms with Crippen molar-refractivity contribution in [2.75, 3.05) is 0 Å². The summed E-state index contributed by atoms with van der Waals surface area (Å²) in [6.07, 6.45) is 0. The second-order valence-corrected chi connectivity index (χ2v) is 2.30. The zero-order valence-electron chi connectivity index (χ0n) is 5.91. The van der Waals surface area contributed by atoms with Gasteiger partial charge in [-0.1, -0.05) is 5.21 Å². The molecule has 0 amide bonds. The zero-order chi connectivity index (χ0) is 8.55. The van der Waals surface area contributed by atoms with E-state index in [0.717, 1.165) is 6.07 Å². The second kappa shape index (κ2) is 2.37. The Labute approximate surface area is 66.0 Å². The molecular weight excluding hydrogens is 161 g/mol. The van der Waals surface area contributed by atoms with Gasteiger partial charge in [-0.15, -0.1) is 5.10 Å². The minimum atomic E-state index is -0.457. The van der Waals surface area contributed by atoms with Gasteiger partial charge in [-0.25, -0.2) is 9.49 Å². The summed E-state index contributed by atoms with van der Waals surface area (Å²) in [7, 11) is 0. The summed E-state index contributed by atoms with van der Waals surface area (Å²) in [4.78, 5) is 11.0. The van der Waals surface area contributed by atoms with Gasteiger partial charge in [0.25, 0.3) is 5.56 Å². The average Bonchev–Trinajstić information content (AvgIpc) is 2.07. The molecule has 0 saturated heterocycles. The summed E-state index contributed by atoms with van der Waals surface area (Å²) in [5, 5.41) is 9.27. The molecule has 0 unspecified atom stereocenters. The fourth-order valence-corrected chi connectivity index (χ4v) is 0.962. The molecule has 12 heavy (non-hydrogen) atoms. The van der Waals surface area contributed by atoms with Crippen LogP contribution < -0.4 is 5.56 Å². The number of nitrogens with zero attached hydrogens (tertiary/aromatic N) is 2. The molecule has 5 heteroatoms. The Hall–Kier alpha value is -1.78. The maximum atomic E-state index is 12.6. The van der Waals surface area contributed by atoms with Crippen LogP contribution in [-0.4, -0.2) is 15.4 Å². The Bertz CT molecular complexity index is 479. The Balaban J connectivity index is 2.98. The van der Waals surface area contributed by atoms with Gasteiger partial charge in [0.15, 0.2) is 0 Å². The van der Waals surface area contributed by atoms with E-state index >= 15 is 0 Å². The normalized spacial score (nSPS) is 10.4. The van der Waals surface area contributed by atoms with E-state index in [2.05, 4.69) is 15.4 Å². The SMILES string of the molecule is O=c1[nH]nnc2ccc(F)cc12. The predicted octanol–water partition coefficient (Wildman–Crippen LogP) is 0.457. The van der Waals surface area contributed by atoms with E-state index in [-0.39, 0.29) is 5.39 Å². The summed E-state index contributed by atoms with van der Waals surface area (Å²) >= 11 is 0. The molecule has 0 aliphatic carbocycles. The maximum absolute atomic E-state index is 12.6. The number of fused-ring (bicyclic) bond motifs is 1. The van der Waals surface area contributed by atoms with Crippen molar-refractivity contribution in [2.24, 2.45) is 0 Å². The molecule has 0 spiro atoms. The van der Waals surface area contributed by atoms with E-state index in [1.54, 1.807) is 0 Å². The molecule has 1 aromatic carbocycles. The highest BCUT2D eigenvalue weighted by Gasteiger charge is 2.00. The Morgan fingerprint density at radius 2 is 2.25 bits per heavy atom. The molecule has 0 bridgehead atoms. The maximum Gasteiger partial charge on any atom is 0.275 e.